The standard InChI is InChI=1S/C20H14F2O/c21-17-9-5-14(6-10-17)13-16-3-1-2-4-19(16)20(23)15-7-11-18(22)12-8-15/h1-13,19H. The van der Waals surface area contributed by atoms with Gasteiger partial charge in [-0.1, -0.05) is 42.5 Å². The molecule has 0 saturated heterocycles. The fourth-order valence-electron chi connectivity index (χ4n) is 2.48. The summed E-state index contributed by atoms with van der Waals surface area (Å²) < 4.78 is 26.0. The Kier molecular flexibility index (Phi) is 4.29. The molecule has 0 fully saturated rings. The van der Waals surface area contributed by atoms with Gasteiger partial charge in [0.2, 0.25) is 0 Å². The number of benzene rings is 2. The molecule has 0 aromatic heterocycles. The number of ketones is 1. The highest BCUT2D eigenvalue weighted by molar-refractivity contribution is 6.02. The maximum absolute atomic E-state index is 13.0. The number of allylic oxidation sites excluding steroid dienone is 5. The Bertz CT molecular complexity index is 797. The molecule has 0 bridgehead atoms. The molecule has 0 aliphatic heterocycles. The average Bonchev–Trinajstić information content (AvgIpc) is 2.57. The van der Waals surface area contributed by atoms with Crippen LogP contribution in [0.25, 0.3) is 6.08 Å². The molecule has 0 N–H and O–H groups in total. The minimum absolute atomic E-state index is 0.0982. The molecule has 0 heterocycles. The third-order valence-electron chi connectivity index (χ3n) is 3.68. The molecular formula is C20H14F2O. The van der Waals surface area contributed by atoms with Crippen molar-refractivity contribution in [1.29, 1.82) is 0 Å². The first-order valence-corrected chi connectivity index (χ1v) is 7.25. The van der Waals surface area contributed by atoms with Crippen LogP contribution in [0.5, 0.6) is 0 Å². The third kappa shape index (κ3) is 3.51. The van der Waals surface area contributed by atoms with E-state index in [0.717, 1.165) is 11.1 Å². The summed E-state index contributed by atoms with van der Waals surface area (Å²) in [6.45, 7) is 0. The van der Waals surface area contributed by atoms with Crippen molar-refractivity contribution in [2.24, 2.45) is 5.92 Å². The van der Waals surface area contributed by atoms with Crippen LogP contribution in [0, 0.1) is 17.6 Å². The minimum atomic E-state index is -0.435. The van der Waals surface area contributed by atoms with Gasteiger partial charge < -0.3 is 0 Å². The highest BCUT2D eigenvalue weighted by Gasteiger charge is 2.21. The average molecular weight is 308 g/mol. The summed E-state index contributed by atoms with van der Waals surface area (Å²) in [5.74, 6) is -1.21. The van der Waals surface area contributed by atoms with Crippen LogP contribution in [0.4, 0.5) is 8.78 Å². The van der Waals surface area contributed by atoms with Crippen LogP contribution in [-0.4, -0.2) is 5.78 Å². The first kappa shape index (κ1) is 15.1. The Morgan fingerprint density at radius 3 is 2.13 bits per heavy atom. The van der Waals surface area contributed by atoms with Crippen molar-refractivity contribution in [3.8, 4) is 0 Å². The summed E-state index contributed by atoms with van der Waals surface area (Å²) in [7, 11) is 0. The first-order chi connectivity index (χ1) is 11.1. The van der Waals surface area contributed by atoms with Crippen LogP contribution in [0.1, 0.15) is 15.9 Å². The SMILES string of the molecule is O=C(c1ccc(F)cc1)C1C=CC=CC1=Cc1ccc(F)cc1. The Hall–Kier alpha value is -2.81. The van der Waals surface area contributed by atoms with Crippen molar-refractivity contribution in [1.82, 2.24) is 0 Å². The van der Waals surface area contributed by atoms with Crippen LogP contribution in [0.3, 0.4) is 0 Å². The molecule has 114 valence electrons. The van der Waals surface area contributed by atoms with Crippen molar-refractivity contribution < 1.29 is 13.6 Å². The topological polar surface area (TPSA) is 17.1 Å². The van der Waals surface area contributed by atoms with Gasteiger partial charge in [-0.05, 0) is 47.5 Å². The van der Waals surface area contributed by atoms with E-state index < -0.39 is 5.92 Å². The van der Waals surface area contributed by atoms with Gasteiger partial charge in [-0.2, -0.15) is 0 Å². The van der Waals surface area contributed by atoms with Crippen molar-refractivity contribution in [3.63, 3.8) is 0 Å². The molecule has 0 amide bonds. The maximum atomic E-state index is 13.0. The summed E-state index contributed by atoms with van der Waals surface area (Å²) >= 11 is 0. The largest absolute Gasteiger partial charge is 0.293 e. The van der Waals surface area contributed by atoms with Gasteiger partial charge in [0.15, 0.2) is 5.78 Å². The van der Waals surface area contributed by atoms with Gasteiger partial charge in [-0.15, -0.1) is 0 Å². The smallest absolute Gasteiger partial charge is 0.174 e. The van der Waals surface area contributed by atoms with E-state index in [1.54, 1.807) is 18.2 Å². The molecule has 1 aliphatic rings. The van der Waals surface area contributed by atoms with Gasteiger partial charge in [-0.3, -0.25) is 4.79 Å². The van der Waals surface area contributed by atoms with Gasteiger partial charge in [0.05, 0.1) is 5.92 Å². The molecule has 1 atom stereocenters. The molecule has 2 aromatic carbocycles. The predicted octanol–water partition coefficient (Wildman–Crippen LogP) is 4.97. The van der Waals surface area contributed by atoms with Crippen molar-refractivity contribution in [3.05, 3.63) is 101 Å². The van der Waals surface area contributed by atoms with E-state index >= 15 is 0 Å². The molecule has 3 heteroatoms. The summed E-state index contributed by atoms with van der Waals surface area (Å²) in [5, 5.41) is 0. The Morgan fingerprint density at radius 2 is 1.48 bits per heavy atom. The summed E-state index contributed by atoms with van der Waals surface area (Å²) in [6.07, 6.45) is 9.18. The van der Waals surface area contributed by atoms with E-state index in [0.29, 0.717) is 5.56 Å². The number of hydrogen-bond donors (Lipinski definition) is 0. The maximum Gasteiger partial charge on any atom is 0.174 e. The van der Waals surface area contributed by atoms with Crippen LogP contribution in [0.2, 0.25) is 0 Å². The molecule has 1 unspecified atom stereocenters. The van der Waals surface area contributed by atoms with Gasteiger partial charge in [0.25, 0.3) is 0 Å². The monoisotopic (exact) mass is 308 g/mol. The molecule has 23 heavy (non-hydrogen) atoms. The van der Waals surface area contributed by atoms with Crippen LogP contribution in [0.15, 0.2) is 78.4 Å². The van der Waals surface area contributed by atoms with Crippen LogP contribution >= 0.6 is 0 Å². The Morgan fingerprint density at radius 1 is 0.870 bits per heavy atom. The van der Waals surface area contributed by atoms with Crippen molar-refractivity contribution >= 4 is 11.9 Å². The van der Waals surface area contributed by atoms with Crippen molar-refractivity contribution in [2.45, 2.75) is 0 Å². The Labute approximate surface area is 133 Å². The van der Waals surface area contributed by atoms with Crippen LogP contribution < -0.4 is 0 Å². The third-order valence-corrected chi connectivity index (χ3v) is 3.68. The van der Waals surface area contributed by atoms with Gasteiger partial charge in [0, 0.05) is 5.56 Å². The molecule has 0 spiro atoms. The Balaban J connectivity index is 1.91. The summed E-state index contributed by atoms with van der Waals surface area (Å²) in [5.41, 5.74) is 2.09. The summed E-state index contributed by atoms with van der Waals surface area (Å²) in [6, 6.07) is 11.6. The lowest BCUT2D eigenvalue weighted by Gasteiger charge is -2.16. The number of Topliss-reactive ketones (excluding diaryl/α,β-unsaturated/α-hetero) is 1. The fourth-order valence-corrected chi connectivity index (χ4v) is 2.48. The van der Waals surface area contributed by atoms with Crippen LogP contribution in [-0.2, 0) is 0 Å². The van der Waals surface area contributed by atoms with Crippen molar-refractivity contribution in [2.75, 3.05) is 0 Å². The summed E-state index contributed by atoms with van der Waals surface area (Å²) in [4.78, 5) is 12.7. The second-order valence-corrected chi connectivity index (χ2v) is 5.29. The lowest BCUT2D eigenvalue weighted by Crippen LogP contribution is -2.15. The van der Waals surface area contributed by atoms with E-state index in [2.05, 4.69) is 0 Å². The highest BCUT2D eigenvalue weighted by atomic mass is 19.1. The zero-order valence-electron chi connectivity index (χ0n) is 12.2. The molecule has 0 saturated carbocycles. The van der Waals surface area contributed by atoms with Gasteiger partial charge >= 0.3 is 0 Å². The number of carbonyl (C=O) groups is 1. The van der Waals surface area contributed by atoms with E-state index in [4.69, 9.17) is 0 Å². The number of hydrogen-bond acceptors (Lipinski definition) is 1. The minimum Gasteiger partial charge on any atom is -0.293 e. The zero-order chi connectivity index (χ0) is 16.2. The van der Waals surface area contributed by atoms with E-state index in [-0.39, 0.29) is 17.4 Å². The van der Waals surface area contributed by atoms with Gasteiger partial charge in [-0.25, -0.2) is 8.78 Å². The quantitative estimate of drug-likeness (QED) is 0.731. The second-order valence-electron chi connectivity index (χ2n) is 5.29. The molecule has 0 radical (unpaired) electrons. The molecule has 1 nitrogen and oxygen atoms in total. The van der Waals surface area contributed by atoms with E-state index in [1.807, 2.05) is 24.3 Å². The molecular weight excluding hydrogens is 294 g/mol. The number of halogens is 2. The highest BCUT2D eigenvalue weighted by Crippen LogP contribution is 2.25. The molecule has 2 aromatic rings. The lowest BCUT2D eigenvalue weighted by molar-refractivity contribution is 0.0962. The molecule has 1 aliphatic carbocycles. The normalized spacial score (nSPS) is 18.3. The van der Waals surface area contributed by atoms with E-state index in [9.17, 15) is 13.6 Å². The predicted molar refractivity (Wildman–Crippen MR) is 86.9 cm³/mol. The fraction of sp³-hybridized carbons (Fsp3) is 0.0500. The number of rotatable bonds is 3. The second kappa shape index (κ2) is 6.53. The van der Waals surface area contributed by atoms with E-state index in [1.165, 1.54) is 36.4 Å². The first-order valence-electron chi connectivity index (χ1n) is 7.25. The lowest BCUT2D eigenvalue weighted by atomic mass is 9.86. The van der Waals surface area contributed by atoms with Gasteiger partial charge in [0.1, 0.15) is 11.6 Å². The zero-order valence-corrected chi connectivity index (χ0v) is 12.2. The molecule has 3 rings (SSSR count). The number of carbonyl (C=O) groups excluding carboxylic acids is 1.